The van der Waals surface area contributed by atoms with Crippen molar-refractivity contribution in [2.24, 2.45) is 0 Å². The van der Waals surface area contributed by atoms with Crippen LogP contribution < -0.4 is 16.1 Å². The molecule has 5 nitrogen and oxygen atoms in total. The van der Waals surface area contributed by atoms with Gasteiger partial charge >= 0.3 is 0 Å². The summed E-state index contributed by atoms with van der Waals surface area (Å²) in [6, 6.07) is 8.85. The van der Waals surface area contributed by atoms with Crippen LogP contribution in [0.3, 0.4) is 0 Å². The average molecular weight is 344 g/mol. The fourth-order valence-electron chi connectivity index (χ4n) is 2.71. The molecule has 3 rings (SSSR count). The molecule has 0 bridgehead atoms. The van der Waals surface area contributed by atoms with Crippen LogP contribution in [0.15, 0.2) is 35.1 Å². The summed E-state index contributed by atoms with van der Waals surface area (Å²) in [6.07, 6.45) is 0. The predicted molar refractivity (Wildman–Crippen MR) is 100 cm³/mol. The summed E-state index contributed by atoms with van der Waals surface area (Å²) < 4.78 is 1.83. The molecule has 0 aliphatic heterocycles. The third-order valence-electron chi connectivity index (χ3n) is 3.91. The van der Waals surface area contributed by atoms with Gasteiger partial charge in [-0.05, 0) is 36.8 Å². The number of rotatable bonds is 6. The van der Waals surface area contributed by atoms with Crippen LogP contribution in [-0.2, 0) is 0 Å². The van der Waals surface area contributed by atoms with Crippen molar-refractivity contribution in [2.75, 3.05) is 31.6 Å². The molecule has 0 saturated heterocycles. The van der Waals surface area contributed by atoms with Crippen molar-refractivity contribution >= 4 is 37.2 Å². The van der Waals surface area contributed by atoms with E-state index in [1.807, 2.05) is 19.1 Å². The van der Waals surface area contributed by atoms with Crippen LogP contribution in [0.25, 0.3) is 20.2 Å². The summed E-state index contributed by atoms with van der Waals surface area (Å²) in [5, 5.41) is 26.1. The molecule has 1 heterocycles. The first kappa shape index (κ1) is 16.7. The van der Waals surface area contributed by atoms with Gasteiger partial charge in [0.25, 0.3) is 0 Å². The number of anilines is 1. The van der Waals surface area contributed by atoms with Gasteiger partial charge in [0.2, 0.25) is 0 Å². The van der Waals surface area contributed by atoms with Gasteiger partial charge in [-0.1, -0.05) is 6.07 Å². The highest BCUT2D eigenvalue weighted by Crippen LogP contribution is 2.32. The largest absolute Gasteiger partial charge is 0.508 e. The van der Waals surface area contributed by atoms with Crippen LogP contribution in [-0.4, -0.2) is 36.5 Å². The zero-order valence-corrected chi connectivity index (χ0v) is 14.2. The number of phenols is 1. The van der Waals surface area contributed by atoms with Gasteiger partial charge in [0, 0.05) is 40.1 Å². The second kappa shape index (κ2) is 7.17. The lowest BCUT2D eigenvalue weighted by molar-refractivity contribution is 0.293. The van der Waals surface area contributed by atoms with Gasteiger partial charge in [0.05, 0.1) is 12.0 Å². The Balaban J connectivity index is 2.07. The summed E-state index contributed by atoms with van der Waals surface area (Å²) in [4.78, 5) is 13.0. The molecule has 0 fully saturated rings. The smallest absolute Gasteiger partial charge is 0.198 e. The van der Waals surface area contributed by atoms with Crippen molar-refractivity contribution in [1.29, 1.82) is 0 Å². The van der Waals surface area contributed by atoms with Crippen LogP contribution >= 0.6 is 11.3 Å². The molecule has 2 aromatic carbocycles. The highest BCUT2D eigenvalue weighted by Gasteiger charge is 2.12. The summed E-state index contributed by atoms with van der Waals surface area (Å²) in [5.41, 5.74) is 1.79. The second-order valence-corrected chi connectivity index (χ2v) is 6.70. The van der Waals surface area contributed by atoms with Crippen LogP contribution in [0.2, 0.25) is 0 Å². The topological polar surface area (TPSA) is 81.6 Å². The number of hydrogen-bond donors (Lipinski definition) is 4. The number of aliphatic hydroxyl groups is 1. The Morgan fingerprint density at radius 1 is 1.12 bits per heavy atom. The Kier molecular flexibility index (Phi) is 4.99. The number of hydrogen-bond acceptors (Lipinski definition) is 6. The van der Waals surface area contributed by atoms with E-state index in [1.54, 1.807) is 23.5 Å². The number of phenolic OH excluding ortho intramolecular Hbond substituents is 1. The summed E-state index contributed by atoms with van der Waals surface area (Å²) in [5.74, 6) is 0.0986. The molecule has 0 aliphatic carbocycles. The lowest BCUT2D eigenvalue weighted by Crippen LogP contribution is -2.25. The quantitative estimate of drug-likeness (QED) is 0.408. The van der Waals surface area contributed by atoms with Gasteiger partial charge in [-0.15, -0.1) is 11.3 Å². The monoisotopic (exact) mass is 344 g/mol. The van der Waals surface area contributed by atoms with Gasteiger partial charge < -0.3 is 20.8 Å². The fraction of sp³-hybridized carbons (Fsp3) is 0.278. The summed E-state index contributed by atoms with van der Waals surface area (Å²) in [7, 11) is 0. The van der Waals surface area contributed by atoms with Crippen LogP contribution in [0, 0.1) is 6.92 Å². The van der Waals surface area contributed by atoms with E-state index in [0.717, 1.165) is 20.7 Å². The maximum atomic E-state index is 13.0. The first-order chi connectivity index (χ1) is 11.6. The summed E-state index contributed by atoms with van der Waals surface area (Å²) >= 11 is 1.56. The van der Waals surface area contributed by atoms with E-state index in [0.29, 0.717) is 30.4 Å². The molecule has 0 atom stereocenters. The van der Waals surface area contributed by atoms with Crippen molar-refractivity contribution in [3.63, 3.8) is 0 Å². The number of aryl methyl sites for hydroxylation is 1. The molecule has 0 unspecified atom stereocenters. The van der Waals surface area contributed by atoms with E-state index in [2.05, 4.69) is 10.6 Å². The molecule has 0 aliphatic rings. The Labute approximate surface area is 143 Å². The molecule has 1 aromatic heterocycles. The summed E-state index contributed by atoms with van der Waals surface area (Å²) in [6.45, 7) is 4.00. The number of fused-ring (bicyclic) bond motifs is 2. The highest BCUT2D eigenvalue weighted by atomic mass is 32.1. The third-order valence-corrected chi connectivity index (χ3v) is 5.21. The van der Waals surface area contributed by atoms with E-state index >= 15 is 0 Å². The standard InChI is InChI=1S/C18H20N2O3S/c1-11-2-4-14(20-7-6-19-8-9-21)16-17(23)13-10-12(22)3-5-15(13)24-18(11)16/h2-5,10,19-22H,6-9H2,1H3. The number of aromatic hydroxyl groups is 1. The van der Waals surface area contributed by atoms with E-state index in [9.17, 15) is 9.90 Å². The maximum Gasteiger partial charge on any atom is 0.198 e. The van der Waals surface area contributed by atoms with E-state index in [1.165, 1.54) is 6.07 Å². The molecule has 0 spiro atoms. The molecular weight excluding hydrogens is 324 g/mol. The van der Waals surface area contributed by atoms with Gasteiger partial charge in [0.1, 0.15) is 5.75 Å². The van der Waals surface area contributed by atoms with Gasteiger partial charge in [-0.2, -0.15) is 0 Å². The maximum absolute atomic E-state index is 13.0. The fourth-order valence-corrected chi connectivity index (χ4v) is 3.86. The van der Waals surface area contributed by atoms with Crippen molar-refractivity contribution in [3.05, 3.63) is 46.1 Å². The lowest BCUT2D eigenvalue weighted by atomic mass is 10.1. The van der Waals surface area contributed by atoms with Crippen LogP contribution in [0.1, 0.15) is 5.56 Å². The van der Waals surface area contributed by atoms with Gasteiger partial charge in [0.15, 0.2) is 5.43 Å². The molecule has 0 amide bonds. The molecule has 24 heavy (non-hydrogen) atoms. The second-order valence-electron chi connectivity index (χ2n) is 5.65. The first-order valence-corrected chi connectivity index (χ1v) is 8.68. The highest BCUT2D eigenvalue weighted by molar-refractivity contribution is 7.24. The Bertz CT molecular complexity index is 937. The molecule has 6 heteroatoms. The molecular formula is C18H20N2O3S. The third kappa shape index (κ3) is 3.21. The number of aliphatic hydroxyl groups excluding tert-OH is 1. The van der Waals surface area contributed by atoms with E-state index in [4.69, 9.17) is 5.11 Å². The minimum Gasteiger partial charge on any atom is -0.508 e. The van der Waals surface area contributed by atoms with Crippen molar-refractivity contribution in [3.8, 4) is 5.75 Å². The van der Waals surface area contributed by atoms with E-state index < -0.39 is 0 Å². The lowest BCUT2D eigenvalue weighted by Gasteiger charge is -2.12. The normalized spacial score (nSPS) is 11.2. The number of benzene rings is 2. The Morgan fingerprint density at radius 3 is 2.75 bits per heavy atom. The number of nitrogens with one attached hydrogen (secondary N) is 2. The Morgan fingerprint density at radius 2 is 1.96 bits per heavy atom. The molecule has 0 saturated carbocycles. The SMILES string of the molecule is Cc1ccc(NCCNCCO)c2c(=O)c3cc(O)ccc3sc12. The van der Waals surface area contributed by atoms with Gasteiger partial charge in [-0.3, -0.25) is 4.79 Å². The van der Waals surface area contributed by atoms with Crippen molar-refractivity contribution in [1.82, 2.24) is 5.32 Å². The predicted octanol–water partition coefficient (Wildman–Crippen LogP) is 2.42. The molecule has 4 N–H and O–H groups in total. The van der Waals surface area contributed by atoms with Crippen LogP contribution in [0.4, 0.5) is 5.69 Å². The zero-order valence-electron chi connectivity index (χ0n) is 13.4. The van der Waals surface area contributed by atoms with Crippen molar-refractivity contribution in [2.45, 2.75) is 6.92 Å². The molecule has 126 valence electrons. The minimum atomic E-state index is -0.0656. The molecule has 0 radical (unpaired) electrons. The van der Waals surface area contributed by atoms with E-state index in [-0.39, 0.29) is 17.8 Å². The Hall–Kier alpha value is -2.15. The van der Waals surface area contributed by atoms with Crippen molar-refractivity contribution < 1.29 is 10.2 Å². The minimum absolute atomic E-state index is 0.0656. The van der Waals surface area contributed by atoms with Crippen LogP contribution in [0.5, 0.6) is 5.75 Å². The van der Waals surface area contributed by atoms with Gasteiger partial charge in [-0.25, -0.2) is 0 Å². The first-order valence-electron chi connectivity index (χ1n) is 7.86. The average Bonchev–Trinajstić information content (AvgIpc) is 2.57. The molecule has 3 aromatic rings. The zero-order chi connectivity index (χ0) is 17.1.